The van der Waals surface area contributed by atoms with Crippen LogP contribution in [-0.2, 0) is 4.79 Å². The highest BCUT2D eigenvalue weighted by atomic mass is 79.9. The Morgan fingerprint density at radius 2 is 2.25 bits per heavy atom. The van der Waals surface area contributed by atoms with E-state index in [1.165, 1.54) is 16.7 Å². The van der Waals surface area contributed by atoms with Gasteiger partial charge < -0.3 is 0 Å². The number of thiocarbonyl (C=S) groups is 1. The molecule has 1 aromatic carbocycles. The number of carbonyl (C=O) groups is 1. The minimum atomic E-state index is -0.0324. The van der Waals surface area contributed by atoms with Gasteiger partial charge in [-0.15, -0.1) is 0 Å². The van der Waals surface area contributed by atoms with Crippen molar-refractivity contribution < 1.29 is 4.79 Å². The van der Waals surface area contributed by atoms with Gasteiger partial charge in [0.05, 0.1) is 4.91 Å². The number of hydrogen-bond acceptors (Lipinski definition) is 3. The van der Waals surface area contributed by atoms with Crippen LogP contribution in [0.4, 0.5) is 0 Å². The molecule has 1 aromatic rings. The van der Waals surface area contributed by atoms with Crippen LogP contribution in [0.25, 0.3) is 6.08 Å². The van der Waals surface area contributed by atoms with E-state index >= 15 is 0 Å². The van der Waals surface area contributed by atoms with E-state index in [9.17, 15) is 4.79 Å². The van der Waals surface area contributed by atoms with E-state index in [1.54, 1.807) is 7.05 Å². The molecule has 82 valence electrons. The normalized spacial score (nSPS) is 18.6. The van der Waals surface area contributed by atoms with Gasteiger partial charge in [0.2, 0.25) is 0 Å². The smallest absolute Gasteiger partial charge is 0.265 e. The topological polar surface area (TPSA) is 20.3 Å². The molecule has 0 unspecified atom stereocenters. The molecular formula is C11H8BrNOS2. The third kappa shape index (κ3) is 2.36. The van der Waals surface area contributed by atoms with Crippen LogP contribution in [0.5, 0.6) is 0 Å². The van der Waals surface area contributed by atoms with Crippen LogP contribution in [0, 0.1) is 0 Å². The summed E-state index contributed by atoms with van der Waals surface area (Å²) in [6.45, 7) is 0. The zero-order valence-electron chi connectivity index (χ0n) is 8.44. The predicted molar refractivity (Wildman–Crippen MR) is 75.1 cm³/mol. The number of nitrogens with zero attached hydrogens (tertiary/aromatic N) is 1. The fourth-order valence-electron chi connectivity index (χ4n) is 1.29. The van der Waals surface area contributed by atoms with Crippen LogP contribution in [0.3, 0.4) is 0 Å². The van der Waals surface area contributed by atoms with Gasteiger partial charge in [-0.3, -0.25) is 9.69 Å². The van der Waals surface area contributed by atoms with Crippen molar-refractivity contribution in [3.05, 3.63) is 39.2 Å². The van der Waals surface area contributed by atoms with Crippen molar-refractivity contribution in [1.82, 2.24) is 4.90 Å². The molecule has 1 fully saturated rings. The number of amides is 1. The largest absolute Gasteiger partial charge is 0.296 e. The molecule has 0 atom stereocenters. The monoisotopic (exact) mass is 313 g/mol. The van der Waals surface area contributed by atoms with Gasteiger partial charge in [0.15, 0.2) is 0 Å². The van der Waals surface area contributed by atoms with Crippen molar-refractivity contribution in [2.24, 2.45) is 0 Å². The highest BCUT2D eigenvalue weighted by Crippen LogP contribution is 2.31. The summed E-state index contributed by atoms with van der Waals surface area (Å²) in [5, 5.41) is 0. The van der Waals surface area contributed by atoms with Crippen molar-refractivity contribution in [2.45, 2.75) is 0 Å². The second kappa shape index (κ2) is 4.69. The number of carbonyl (C=O) groups excluding carboxylic acids is 1. The fraction of sp³-hybridized carbons (Fsp3) is 0.0909. The molecule has 0 aliphatic carbocycles. The molecule has 2 nitrogen and oxygen atoms in total. The molecule has 1 saturated heterocycles. The lowest BCUT2D eigenvalue weighted by Crippen LogP contribution is -2.22. The summed E-state index contributed by atoms with van der Waals surface area (Å²) in [6.07, 6.45) is 1.85. The van der Waals surface area contributed by atoms with E-state index < -0.39 is 0 Å². The van der Waals surface area contributed by atoms with Gasteiger partial charge in [-0.05, 0) is 23.8 Å². The van der Waals surface area contributed by atoms with Gasteiger partial charge in [-0.2, -0.15) is 0 Å². The molecule has 16 heavy (non-hydrogen) atoms. The highest BCUT2D eigenvalue weighted by Gasteiger charge is 2.28. The van der Waals surface area contributed by atoms with E-state index in [0.717, 1.165) is 10.0 Å². The van der Waals surface area contributed by atoms with Crippen LogP contribution in [-0.4, -0.2) is 22.2 Å². The summed E-state index contributed by atoms with van der Waals surface area (Å²) in [6, 6.07) is 7.79. The molecule has 2 rings (SSSR count). The van der Waals surface area contributed by atoms with Crippen LogP contribution in [0.2, 0.25) is 0 Å². The van der Waals surface area contributed by atoms with Crippen LogP contribution in [0.1, 0.15) is 5.56 Å². The third-order valence-electron chi connectivity index (χ3n) is 2.13. The Balaban J connectivity index is 2.33. The second-order valence-corrected chi connectivity index (χ2v) is 5.89. The first kappa shape index (κ1) is 11.8. The van der Waals surface area contributed by atoms with E-state index in [1.807, 2.05) is 30.3 Å². The Kier molecular flexibility index (Phi) is 3.47. The molecular weight excluding hydrogens is 306 g/mol. The SMILES string of the molecule is CN1C(=O)/C(=C\c2cccc(Br)c2)SC1=S. The summed E-state index contributed by atoms with van der Waals surface area (Å²) in [5.74, 6) is -0.0324. The molecule has 0 radical (unpaired) electrons. The van der Waals surface area contributed by atoms with Crippen LogP contribution in [0.15, 0.2) is 33.6 Å². The standard InChI is InChI=1S/C11H8BrNOS2/c1-13-10(14)9(16-11(13)15)6-7-3-2-4-8(12)5-7/h2-6H,1H3/b9-6+. The van der Waals surface area contributed by atoms with Gasteiger partial charge in [-0.25, -0.2) is 0 Å². The highest BCUT2D eigenvalue weighted by molar-refractivity contribution is 9.10. The second-order valence-electron chi connectivity index (χ2n) is 3.30. The number of hydrogen-bond donors (Lipinski definition) is 0. The zero-order chi connectivity index (χ0) is 11.7. The van der Waals surface area contributed by atoms with Crippen LogP contribution >= 0.6 is 39.9 Å². The summed E-state index contributed by atoms with van der Waals surface area (Å²) in [7, 11) is 1.69. The first-order chi connectivity index (χ1) is 7.58. The zero-order valence-corrected chi connectivity index (χ0v) is 11.7. The quantitative estimate of drug-likeness (QED) is 0.586. The molecule has 0 N–H and O–H groups in total. The Labute approximate surface area is 112 Å². The van der Waals surface area contributed by atoms with Crippen molar-refractivity contribution in [1.29, 1.82) is 0 Å². The maximum atomic E-state index is 11.7. The summed E-state index contributed by atoms with van der Waals surface area (Å²) in [5.41, 5.74) is 0.989. The van der Waals surface area contributed by atoms with Gasteiger partial charge in [0.25, 0.3) is 5.91 Å². The molecule has 0 saturated carbocycles. The lowest BCUT2D eigenvalue weighted by molar-refractivity contribution is -0.121. The van der Waals surface area contributed by atoms with Crippen molar-refractivity contribution in [3.63, 3.8) is 0 Å². The minimum Gasteiger partial charge on any atom is -0.296 e. The molecule has 5 heteroatoms. The number of benzene rings is 1. The predicted octanol–water partition coefficient (Wildman–Crippen LogP) is 3.28. The molecule has 0 spiro atoms. The van der Waals surface area contributed by atoms with E-state index in [2.05, 4.69) is 15.9 Å². The summed E-state index contributed by atoms with van der Waals surface area (Å²) in [4.78, 5) is 13.9. The average Bonchev–Trinajstić information content (AvgIpc) is 2.47. The van der Waals surface area contributed by atoms with E-state index in [4.69, 9.17) is 12.2 Å². The minimum absolute atomic E-state index is 0.0324. The maximum Gasteiger partial charge on any atom is 0.265 e. The average molecular weight is 314 g/mol. The Morgan fingerprint density at radius 1 is 1.50 bits per heavy atom. The molecule has 0 bridgehead atoms. The molecule has 1 aliphatic heterocycles. The Hall–Kier alpha value is -0.650. The molecule has 1 amide bonds. The van der Waals surface area contributed by atoms with Gasteiger partial charge in [-0.1, -0.05) is 52.0 Å². The third-order valence-corrected chi connectivity index (χ3v) is 4.11. The summed E-state index contributed by atoms with van der Waals surface area (Å²) < 4.78 is 1.60. The Bertz CT molecular complexity index is 499. The lowest BCUT2D eigenvalue weighted by Gasteiger charge is -2.03. The summed E-state index contributed by atoms with van der Waals surface area (Å²) >= 11 is 9.79. The molecule has 1 aliphatic rings. The van der Waals surface area contributed by atoms with E-state index in [-0.39, 0.29) is 5.91 Å². The van der Waals surface area contributed by atoms with Gasteiger partial charge >= 0.3 is 0 Å². The number of likely N-dealkylation sites (N-methyl/N-ethyl adjacent to an activating group) is 1. The van der Waals surface area contributed by atoms with Crippen molar-refractivity contribution >= 4 is 56.2 Å². The molecule has 0 aromatic heterocycles. The Morgan fingerprint density at radius 3 is 2.81 bits per heavy atom. The van der Waals surface area contributed by atoms with E-state index in [0.29, 0.717) is 9.23 Å². The van der Waals surface area contributed by atoms with Gasteiger partial charge in [0.1, 0.15) is 4.32 Å². The first-order valence-corrected chi connectivity index (χ1v) is 6.57. The first-order valence-electron chi connectivity index (χ1n) is 4.55. The fourth-order valence-corrected chi connectivity index (χ4v) is 2.89. The van der Waals surface area contributed by atoms with Crippen molar-refractivity contribution in [3.8, 4) is 0 Å². The lowest BCUT2D eigenvalue weighted by atomic mass is 10.2. The van der Waals surface area contributed by atoms with Crippen molar-refractivity contribution in [2.75, 3.05) is 7.05 Å². The van der Waals surface area contributed by atoms with Gasteiger partial charge in [0, 0.05) is 11.5 Å². The number of rotatable bonds is 1. The maximum absolute atomic E-state index is 11.7. The number of halogens is 1. The number of thioether (sulfide) groups is 1. The van der Waals surface area contributed by atoms with Crippen LogP contribution < -0.4 is 0 Å². The molecule has 1 heterocycles.